The van der Waals surface area contributed by atoms with E-state index in [9.17, 15) is 0 Å². The van der Waals surface area contributed by atoms with Crippen molar-refractivity contribution in [1.82, 2.24) is 0 Å². The molecule has 0 heteroatoms. The molecule has 0 radical (unpaired) electrons. The third kappa shape index (κ3) is 2.00. The van der Waals surface area contributed by atoms with Gasteiger partial charge in [0.05, 0.1) is 0 Å². The van der Waals surface area contributed by atoms with E-state index in [2.05, 4.69) is 97.1 Å². The van der Waals surface area contributed by atoms with Crippen molar-refractivity contribution >= 4 is 0 Å². The largest absolute Gasteiger partial charge is 0.0616 e. The molecular formula is C24H16. The maximum Gasteiger partial charge on any atom is -0.0105 e. The summed E-state index contributed by atoms with van der Waals surface area (Å²) in [5, 5.41) is 0. The topological polar surface area (TPSA) is 0 Å². The van der Waals surface area contributed by atoms with Crippen molar-refractivity contribution in [2.75, 3.05) is 0 Å². The monoisotopic (exact) mass is 304 g/mol. The van der Waals surface area contributed by atoms with Crippen molar-refractivity contribution < 1.29 is 0 Å². The van der Waals surface area contributed by atoms with Gasteiger partial charge in [0.25, 0.3) is 0 Å². The van der Waals surface area contributed by atoms with Crippen LogP contribution in [0.3, 0.4) is 0 Å². The summed E-state index contributed by atoms with van der Waals surface area (Å²) in [6, 6.07) is 35.1. The van der Waals surface area contributed by atoms with Crippen LogP contribution >= 0.6 is 0 Å². The second-order valence-corrected chi connectivity index (χ2v) is 6.25. The highest BCUT2D eigenvalue weighted by atomic mass is 14.2. The highest BCUT2D eigenvalue weighted by molar-refractivity contribution is 5.90. The lowest BCUT2D eigenvalue weighted by Crippen LogP contribution is -1.85. The number of fused-ring (bicyclic) bond motifs is 2. The molecule has 0 aromatic heterocycles. The van der Waals surface area contributed by atoms with Crippen LogP contribution in [0, 0.1) is 0 Å². The van der Waals surface area contributed by atoms with Gasteiger partial charge >= 0.3 is 0 Å². The Balaban J connectivity index is 1.94. The maximum atomic E-state index is 2.31. The van der Waals surface area contributed by atoms with Gasteiger partial charge in [0.2, 0.25) is 0 Å². The number of hydrogen-bond acceptors (Lipinski definition) is 0. The molecule has 4 bridgehead atoms. The first-order valence-electron chi connectivity index (χ1n) is 8.30. The molecule has 2 aliphatic carbocycles. The summed E-state index contributed by atoms with van der Waals surface area (Å²) in [5.41, 5.74) is 10.2. The first kappa shape index (κ1) is 13.3. The van der Waals surface area contributed by atoms with Gasteiger partial charge in [-0.15, -0.1) is 0 Å². The summed E-state index contributed by atoms with van der Waals surface area (Å²) in [4.78, 5) is 0. The zero-order valence-corrected chi connectivity index (χ0v) is 13.2. The van der Waals surface area contributed by atoms with Gasteiger partial charge in [0, 0.05) is 0 Å². The lowest BCUT2D eigenvalue weighted by molar-refractivity contribution is 1.59. The molecule has 0 amide bonds. The molecule has 0 aliphatic heterocycles. The van der Waals surface area contributed by atoms with E-state index in [-0.39, 0.29) is 0 Å². The molecule has 24 heavy (non-hydrogen) atoms. The standard InChI is InChI=1S/C24H16/c1-3-10-23-19-6-5-7-20(16-19)24-11-4-2-9-22(24)18-14-12-17(13-15-18)21(23)8-1/h1-16H. The van der Waals surface area contributed by atoms with Crippen LogP contribution in [0.5, 0.6) is 0 Å². The molecule has 0 fully saturated rings. The minimum atomic E-state index is 1.26. The van der Waals surface area contributed by atoms with E-state index in [1.54, 1.807) is 0 Å². The molecule has 0 unspecified atom stereocenters. The molecular weight excluding hydrogens is 288 g/mol. The van der Waals surface area contributed by atoms with Crippen LogP contribution in [0.15, 0.2) is 97.1 Å². The van der Waals surface area contributed by atoms with E-state index in [0.717, 1.165) is 0 Å². The van der Waals surface area contributed by atoms with E-state index >= 15 is 0 Å². The summed E-state index contributed by atoms with van der Waals surface area (Å²) in [6.45, 7) is 0. The Hall–Kier alpha value is -3.12. The molecule has 0 N–H and O–H groups in total. The molecule has 0 spiro atoms. The van der Waals surface area contributed by atoms with Crippen molar-refractivity contribution in [3.05, 3.63) is 97.1 Å². The highest BCUT2D eigenvalue weighted by Crippen LogP contribution is 2.39. The van der Waals surface area contributed by atoms with Gasteiger partial charge in [0.15, 0.2) is 0 Å². The predicted octanol–water partition coefficient (Wildman–Crippen LogP) is 6.67. The number of rotatable bonds is 0. The Kier molecular flexibility index (Phi) is 2.89. The van der Waals surface area contributed by atoms with E-state index in [1.807, 2.05) is 0 Å². The van der Waals surface area contributed by atoms with Crippen LogP contribution in [-0.4, -0.2) is 0 Å². The van der Waals surface area contributed by atoms with Crippen molar-refractivity contribution in [3.8, 4) is 44.5 Å². The Morgan fingerprint density at radius 3 is 1.08 bits per heavy atom. The Bertz CT molecular complexity index is 958. The zero-order valence-electron chi connectivity index (χ0n) is 13.2. The lowest BCUT2D eigenvalue weighted by Gasteiger charge is -2.11. The van der Waals surface area contributed by atoms with Gasteiger partial charge in [-0.1, -0.05) is 91.0 Å². The van der Waals surface area contributed by atoms with Gasteiger partial charge in [-0.2, -0.15) is 0 Å². The first-order valence-corrected chi connectivity index (χ1v) is 8.30. The molecule has 0 heterocycles. The van der Waals surface area contributed by atoms with Crippen LogP contribution in [0.4, 0.5) is 0 Å². The highest BCUT2D eigenvalue weighted by Gasteiger charge is 2.13. The minimum absolute atomic E-state index is 1.26. The summed E-state index contributed by atoms with van der Waals surface area (Å²) >= 11 is 0. The first-order chi connectivity index (χ1) is 11.9. The van der Waals surface area contributed by atoms with Crippen LogP contribution in [0.25, 0.3) is 44.5 Å². The van der Waals surface area contributed by atoms with Crippen molar-refractivity contribution in [1.29, 1.82) is 0 Å². The predicted molar refractivity (Wildman–Crippen MR) is 102 cm³/mol. The van der Waals surface area contributed by atoms with Crippen LogP contribution in [0.1, 0.15) is 0 Å². The second kappa shape index (κ2) is 5.21. The van der Waals surface area contributed by atoms with Gasteiger partial charge in [-0.3, -0.25) is 0 Å². The van der Waals surface area contributed by atoms with Crippen molar-refractivity contribution in [3.63, 3.8) is 0 Å². The fraction of sp³-hybridized carbons (Fsp3) is 0. The zero-order chi connectivity index (χ0) is 15.9. The number of benzene rings is 4. The minimum Gasteiger partial charge on any atom is -0.0616 e. The SMILES string of the molecule is c1cc2cc(c1)-c1ccccc1-c1ccc(cc1)-c1ccccc1-2. The summed E-state index contributed by atoms with van der Waals surface area (Å²) in [6.07, 6.45) is 0. The van der Waals surface area contributed by atoms with Crippen molar-refractivity contribution in [2.24, 2.45) is 0 Å². The van der Waals surface area contributed by atoms with E-state index < -0.39 is 0 Å². The quantitative estimate of drug-likeness (QED) is 0.300. The molecule has 112 valence electrons. The number of hydrogen-bond donors (Lipinski definition) is 0. The fourth-order valence-electron chi connectivity index (χ4n) is 3.66. The van der Waals surface area contributed by atoms with Gasteiger partial charge in [0.1, 0.15) is 0 Å². The van der Waals surface area contributed by atoms with Gasteiger partial charge in [-0.25, -0.2) is 0 Å². The third-order valence-corrected chi connectivity index (χ3v) is 4.85. The molecule has 4 aromatic rings. The van der Waals surface area contributed by atoms with Gasteiger partial charge < -0.3 is 0 Å². The average molecular weight is 304 g/mol. The molecule has 0 saturated carbocycles. The summed E-state index contributed by atoms with van der Waals surface area (Å²) in [5.74, 6) is 0. The Morgan fingerprint density at radius 1 is 0.292 bits per heavy atom. The van der Waals surface area contributed by atoms with Gasteiger partial charge in [-0.05, 0) is 50.6 Å². The van der Waals surface area contributed by atoms with Crippen LogP contribution < -0.4 is 0 Å². The smallest absolute Gasteiger partial charge is 0.0105 e. The van der Waals surface area contributed by atoms with Crippen molar-refractivity contribution in [2.45, 2.75) is 0 Å². The molecule has 2 aliphatic rings. The van der Waals surface area contributed by atoms with Crippen LogP contribution in [-0.2, 0) is 0 Å². The summed E-state index contributed by atoms with van der Waals surface area (Å²) < 4.78 is 0. The lowest BCUT2D eigenvalue weighted by atomic mass is 9.93. The molecule has 0 saturated heterocycles. The van der Waals surface area contributed by atoms with E-state index in [0.29, 0.717) is 0 Å². The molecule has 0 atom stereocenters. The maximum absolute atomic E-state index is 2.31. The van der Waals surface area contributed by atoms with E-state index in [4.69, 9.17) is 0 Å². The fourth-order valence-corrected chi connectivity index (χ4v) is 3.66. The third-order valence-electron chi connectivity index (χ3n) is 4.85. The molecule has 6 rings (SSSR count). The average Bonchev–Trinajstić information content (AvgIpc) is 2.70. The molecule has 4 aromatic carbocycles. The van der Waals surface area contributed by atoms with E-state index in [1.165, 1.54) is 44.5 Å². The summed E-state index contributed by atoms with van der Waals surface area (Å²) in [7, 11) is 0. The second-order valence-electron chi connectivity index (χ2n) is 6.25. The normalized spacial score (nSPS) is 11.3. The Labute approximate surface area is 142 Å². The Morgan fingerprint density at radius 2 is 0.667 bits per heavy atom. The molecule has 0 nitrogen and oxygen atoms in total. The van der Waals surface area contributed by atoms with Crippen LogP contribution in [0.2, 0.25) is 0 Å².